The normalized spacial score (nSPS) is 16.2. The zero-order chi connectivity index (χ0) is 15.7. The maximum atomic E-state index is 12.1. The van der Waals surface area contributed by atoms with Crippen LogP contribution in [0.3, 0.4) is 0 Å². The van der Waals surface area contributed by atoms with Crippen LogP contribution in [0, 0.1) is 0 Å². The summed E-state index contributed by atoms with van der Waals surface area (Å²) >= 11 is 5.96. The maximum Gasteiger partial charge on any atom is 0.402 e. The molecule has 21 heavy (non-hydrogen) atoms. The van der Waals surface area contributed by atoms with E-state index in [-0.39, 0.29) is 4.90 Å². The molecule has 4 nitrogen and oxygen atoms in total. The lowest BCUT2D eigenvalue weighted by molar-refractivity contribution is -0.121. The third-order valence-corrected chi connectivity index (χ3v) is 4.72. The van der Waals surface area contributed by atoms with Crippen LogP contribution in [0.5, 0.6) is 0 Å². The van der Waals surface area contributed by atoms with Crippen molar-refractivity contribution in [3.8, 4) is 0 Å². The summed E-state index contributed by atoms with van der Waals surface area (Å²) in [6, 6.07) is 4.25. The summed E-state index contributed by atoms with van der Waals surface area (Å²) < 4.78 is 61.5. The van der Waals surface area contributed by atoms with Crippen molar-refractivity contribution in [1.82, 2.24) is 10.0 Å². The van der Waals surface area contributed by atoms with E-state index in [0.29, 0.717) is 23.2 Å². The highest BCUT2D eigenvalue weighted by molar-refractivity contribution is 7.89. The molecule has 0 spiro atoms. The molecule has 0 atom stereocenters. The van der Waals surface area contributed by atoms with Gasteiger partial charge in [-0.15, -0.1) is 0 Å². The minimum atomic E-state index is -4.60. The summed E-state index contributed by atoms with van der Waals surface area (Å²) in [5.41, 5.74) is 0.540. The van der Waals surface area contributed by atoms with E-state index < -0.39 is 22.7 Å². The van der Waals surface area contributed by atoms with Gasteiger partial charge in [-0.2, -0.15) is 13.2 Å². The molecule has 0 bridgehead atoms. The van der Waals surface area contributed by atoms with Gasteiger partial charge in [-0.05, 0) is 36.6 Å². The van der Waals surface area contributed by atoms with Crippen LogP contribution >= 0.6 is 11.6 Å². The third-order valence-electron chi connectivity index (χ3n) is 2.95. The molecule has 0 aromatic heterocycles. The summed E-state index contributed by atoms with van der Waals surface area (Å²) in [6.07, 6.45) is -2.48. The zero-order valence-corrected chi connectivity index (χ0v) is 12.4. The third kappa shape index (κ3) is 5.14. The van der Waals surface area contributed by atoms with Gasteiger partial charge in [-0.25, -0.2) is 13.1 Å². The second-order valence-corrected chi connectivity index (χ2v) is 7.02. The van der Waals surface area contributed by atoms with Crippen LogP contribution < -0.4 is 10.0 Å². The van der Waals surface area contributed by atoms with Crippen LogP contribution in [-0.4, -0.2) is 27.2 Å². The molecule has 118 valence electrons. The van der Waals surface area contributed by atoms with Crippen LogP contribution in [0.1, 0.15) is 18.4 Å². The van der Waals surface area contributed by atoms with E-state index in [1.807, 2.05) is 0 Å². The van der Waals surface area contributed by atoms with Gasteiger partial charge in [0, 0.05) is 17.6 Å². The van der Waals surface area contributed by atoms with Gasteiger partial charge < -0.3 is 5.32 Å². The predicted molar refractivity (Wildman–Crippen MR) is 72.6 cm³/mol. The van der Waals surface area contributed by atoms with Gasteiger partial charge in [0.15, 0.2) is 0 Å². The number of sulfonamides is 1. The predicted octanol–water partition coefficient (Wildman–Crippen LogP) is 2.43. The molecule has 1 saturated carbocycles. The van der Waals surface area contributed by atoms with Crippen molar-refractivity contribution in [2.24, 2.45) is 0 Å². The number of hydrogen-bond donors (Lipinski definition) is 2. The van der Waals surface area contributed by atoms with Gasteiger partial charge in [0.2, 0.25) is 10.0 Å². The van der Waals surface area contributed by atoms with Crippen molar-refractivity contribution in [3.63, 3.8) is 0 Å². The molecule has 0 heterocycles. The Morgan fingerprint density at radius 1 is 1.29 bits per heavy atom. The molecule has 1 aliphatic carbocycles. The van der Waals surface area contributed by atoms with E-state index in [0.717, 1.165) is 12.8 Å². The van der Waals surface area contributed by atoms with Gasteiger partial charge in [0.25, 0.3) is 0 Å². The lowest BCUT2D eigenvalue weighted by Crippen LogP contribution is -2.33. The van der Waals surface area contributed by atoms with Crippen LogP contribution in [0.2, 0.25) is 5.02 Å². The molecule has 0 amide bonds. The number of halogens is 4. The molecule has 2 rings (SSSR count). The van der Waals surface area contributed by atoms with E-state index in [9.17, 15) is 21.6 Å². The van der Waals surface area contributed by atoms with Crippen molar-refractivity contribution in [3.05, 3.63) is 28.8 Å². The van der Waals surface area contributed by atoms with E-state index in [4.69, 9.17) is 11.6 Å². The van der Waals surface area contributed by atoms with E-state index in [1.165, 1.54) is 22.9 Å². The van der Waals surface area contributed by atoms with Gasteiger partial charge in [0.05, 0.1) is 4.90 Å². The largest absolute Gasteiger partial charge is 0.402 e. The number of alkyl halides is 3. The number of hydrogen-bond acceptors (Lipinski definition) is 3. The highest BCUT2D eigenvalue weighted by atomic mass is 35.5. The number of nitrogens with one attached hydrogen (secondary N) is 2. The molecule has 9 heteroatoms. The Kier molecular flexibility index (Phi) is 4.82. The SMILES string of the molecule is O=S(=O)(NCC(F)(F)F)c1ccc(Cl)c(CNC2CC2)c1. The first-order valence-corrected chi connectivity index (χ1v) is 8.12. The Hall–Kier alpha value is -0.830. The average Bonchev–Trinajstić information content (AvgIpc) is 3.19. The van der Waals surface area contributed by atoms with Gasteiger partial charge in [0.1, 0.15) is 6.54 Å². The quantitative estimate of drug-likeness (QED) is 0.835. The van der Waals surface area contributed by atoms with Crippen LogP contribution in [0.25, 0.3) is 0 Å². The standard InChI is InChI=1S/C12H14ClF3N2O2S/c13-11-4-3-10(5-8(11)6-17-9-1-2-9)21(19,20)18-7-12(14,15)16/h3-5,9,17-18H,1-2,6-7H2. The molecule has 2 N–H and O–H groups in total. The second-order valence-electron chi connectivity index (χ2n) is 4.85. The lowest BCUT2D eigenvalue weighted by Gasteiger charge is -2.11. The van der Waals surface area contributed by atoms with Crippen LogP contribution in [0.4, 0.5) is 13.2 Å². The summed E-state index contributed by atoms with van der Waals surface area (Å²) in [5, 5.41) is 3.54. The zero-order valence-electron chi connectivity index (χ0n) is 10.9. The maximum absolute atomic E-state index is 12.1. The highest BCUT2D eigenvalue weighted by Gasteiger charge is 2.30. The van der Waals surface area contributed by atoms with Gasteiger partial charge in [-0.1, -0.05) is 11.6 Å². The minimum Gasteiger partial charge on any atom is -0.310 e. The van der Waals surface area contributed by atoms with Crippen molar-refractivity contribution < 1.29 is 21.6 Å². The summed E-state index contributed by atoms with van der Waals surface area (Å²) in [5.74, 6) is 0. The van der Waals surface area contributed by atoms with Crippen molar-refractivity contribution in [2.45, 2.75) is 36.5 Å². The summed E-state index contributed by atoms with van der Waals surface area (Å²) in [7, 11) is -4.21. The molecule has 1 aliphatic rings. The Morgan fingerprint density at radius 2 is 1.95 bits per heavy atom. The van der Waals surface area contributed by atoms with E-state index in [1.54, 1.807) is 0 Å². The van der Waals surface area contributed by atoms with Crippen molar-refractivity contribution >= 4 is 21.6 Å². The molecule has 1 fully saturated rings. The van der Waals surface area contributed by atoms with Crippen molar-refractivity contribution in [2.75, 3.05) is 6.54 Å². The first kappa shape index (κ1) is 16.5. The molecule has 0 saturated heterocycles. The number of rotatable bonds is 6. The Bertz CT molecular complexity index is 615. The fourth-order valence-electron chi connectivity index (χ4n) is 1.66. The molecule has 0 unspecified atom stereocenters. The summed E-state index contributed by atoms with van der Waals surface area (Å²) in [4.78, 5) is -0.233. The minimum absolute atomic E-state index is 0.233. The Morgan fingerprint density at radius 3 is 2.52 bits per heavy atom. The fourth-order valence-corrected chi connectivity index (χ4v) is 2.90. The fraction of sp³-hybridized carbons (Fsp3) is 0.500. The second kappa shape index (κ2) is 6.12. The van der Waals surface area contributed by atoms with E-state index >= 15 is 0 Å². The summed E-state index contributed by atoms with van der Waals surface area (Å²) in [6.45, 7) is -1.22. The van der Waals surface area contributed by atoms with Gasteiger partial charge >= 0.3 is 6.18 Å². The Balaban J connectivity index is 2.12. The smallest absolute Gasteiger partial charge is 0.310 e. The average molecular weight is 343 g/mol. The molecule has 0 aliphatic heterocycles. The molecular weight excluding hydrogens is 329 g/mol. The highest BCUT2D eigenvalue weighted by Crippen LogP contribution is 2.24. The molecule has 1 aromatic carbocycles. The first-order valence-electron chi connectivity index (χ1n) is 6.25. The van der Waals surface area contributed by atoms with Crippen molar-refractivity contribution in [1.29, 1.82) is 0 Å². The topological polar surface area (TPSA) is 58.2 Å². The van der Waals surface area contributed by atoms with Crippen LogP contribution in [-0.2, 0) is 16.6 Å². The molecular formula is C12H14ClF3N2O2S. The van der Waals surface area contributed by atoms with Gasteiger partial charge in [-0.3, -0.25) is 0 Å². The first-order chi connectivity index (χ1) is 9.67. The Labute approximate surface area is 125 Å². The molecule has 0 radical (unpaired) electrons. The molecule has 1 aromatic rings. The van der Waals surface area contributed by atoms with Crippen LogP contribution in [0.15, 0.2) is 23.1 Å². The van der Waals surface area contributed by atoms with E-state index in [2.05, 4.69) is 5.32 Å². The number of benzene rings is 1. The lowest BCUT2D eigenvalue weighted by atomic mass is 10.2. The monoisotopic (exact) mass is 342 g/mol.